The van der Waals surface area contributed by atoms with Gasteiger partial charge in [0.05, 0.1) is 5.41 Å². The predicted octanol–water partition coefficient (Wildman–Crippen LogP) is 14.2. The van der Waals surface area contributed by atoms with E-state index >= 15 is 0 Å². The van der Waals surface area contributed by atoms with E-state index in [0.29, 0.717) is 0 Å². The largest absolute Gasteiger partial charge is 0.311 e. The molecule has 364 valence electrons. The van der Waals surface area contributed by atoms with E-state index < -0.39 is 5.41 Å². The van der Waals surface area contributed by atoms with Crippen molar-refractivity contribution in [2.24, 2.45) is 0 Å². The van der Waals surface area contributed by atoms with Gasteiger partial charge in [0.15, 0.2) is 0 Å². The van der Waals surface area contributed by atoms with E-state index in [-0.39, 0.29) is 13.4 Å². The average molecular weight is 1000 g/mol. The van der Waals surface area contributed by atoms with Gasteiger partial charge in [0, 0.05) is 68.2 Å². The number of benzene rings is 12. The zero-order valence-electron chi connectivity index (χ0n) is 43.0. The van der Waals surface area contributed by atoms with Crippen molar-refractivity contribution in [2.75, 3.05) is 19.6 Å². The molecule has 2 aliphatic carbocycles. The highest BCUT2D eigenvalue weighted by Gasteiger charge is 2.53. The summed E-state index contributed by atoms with van der Waals surface area (Å²) in [5.41, 5.74) is 32.0. The maximum Gasteiger partial charge on any atom is 0.252 e. The van der Waals surface area contributed by atoms with Crippen LogP contribution in [-0.2, 0) is 5.41 Å². The normalized spacial score (nSPS) is 14.5. The van der Waals surface area contributed by atoms with Crippen molar-refractivity contribution in [1.82, 2.24) is 0 Å². The minimum Gasteiger partial charge on any atom is -0.311 e. The van der Waals surface area contributed by atoms with Crippen LogP contribution < -0.4 is 52.4 Å². The monoisotopic (exact) mass is 1000 g/mol. The predicted molar refractivity (Wildman–Crippen MR) is 331 cm³/mol. The van der Waals surface area contributed by atoms with Crippen molar-refractivity contribution in [2.45, 2.75) is 5.41 Å². The Morgan fingerprint density at radius 2 is 0.506 bits per heavy atom. The number of anilines is 12. The van der Waals surface area contributed by atoms with Crippen LogP contribution in [0.2, 0.25) is 0 Å². The van der Waals surface area contributed by atoms with Crippen LogP contribution in [0.4, 0.5) is 68.2 Å². The Balaban J connectivity index is 0.861. The number of hydrogen-bond donors (Lipinski definition) is 0. The molecule has 0 N–H and O–H groups in total. The molecule has 1 spiro atoms. The molecule has 6 heteroatoms. The summed E-state index contributed by atoms with van der Waals surface area (Å²) in [5, 5.41) is 0. The Morgan fingerprint density at radius 3 is 0.886 bits per heavy atom. The Kier molecular flexibility index (Phi) is 8.74. The van der Waals surface area contributed by atoms with Crippen LogP contribution in [0.1, 0.15) is 22.3 Å². The van der Waals surface area contributed by atoms with Crippen molar-refractivity contribution in [1.29, 1.82) is 0 Å². The maximum atomic E-state index is 2.56. The SMILES string of the molecule is c1ccc(N2c3ccccc3B3c4ccccc4N(c4ccc5c(c4)C4(c6ccccc6-5)c5ccccc5-c5ccc(N6c7ccccc7B7c8ccccc8N(c8ccccc8)c8cccc6c87)cc54)c4cccc2c43)cc1. The van der Waals surface area contributed by atoms with Gasteiger partial charge in [0.2, 0.25) is 0 Å². The van der Waals surface area contributed by atoms with Crippen molar-refractivity contribution < 1.29 is 0 Å². The zero-order chi connectivity index (χ0) is 51.5. The summed E-state index contributed by atoms with van der Waals surface area (Å²) in [6.45, 7) is 0.127. The molecule has 4 heterocycles. The van der Waals surface area contributed by atoms with Gasteiger partial charge in [-0.3, -0.25) is 0 Å². The molecule has 18 rings (SSSR count). The molecule has 79 heavy (non-hydrogen) atoms. The molecule has 12 aromatic rings. The molecule has 0 aromatic heterocycles. The quantitative estimate of drug-likeness (QED) is 0.163. The second-order valence-corrected chi connectivity index (χ2v) is 21.8. The highest BCUT2D eigenvalue weighted by atomic mass is 15.2. The summed E-state index contributed by atoms with van der Waals surface area (Å²) in [5.74, 6) is 0. The Morgan fingerprint density at radius 1 is 0.215 bits per heavy atom. The Bertz CT molecular complexity index is 4280. The summed E-state index contributed by atoms with van der Waals surface area (Å²) in [4.78, 5) is 10.1. The van der Waals surface area contributed by atoms with Crippen molar-refractivity contribution in [3.05, 3.63) is 301 Å². The van der Waals surface area contributed by atoms with Crippen LogP contribution in [0, 0.1) is 0 Å². The van der Waals surface area contributed by atoms with E-state index in [4.69, 9.17) is 0 Å². The molecule has 4 aliphatic heterocycles. The van der Waals surface area contributed by atoms with Gasteiger partial charge in [0.25, 0.3) is 13.4 Å². The van der Waals surface area contributed by atoms with Crippen LogP contribution in [0.15, 0.2) is 279 Å². The van der Waals surface area contributed by atoms with Gasteiger partial charge >= 0.3 is 0 Å². The van der Waals surface area contributed by atoms with Gasteiger partial charge in [-0.1, -0.05) is 182 Å². The number of rotatable bonds is 4. The fraction of sp³-hybridized carbons (Fsp3) is 0.0137. The van der Waals surface area contributed by atoms with Gasteiger partial charge in [0.1, 0.15) is 0 Å². The maximum absolute atomic E-state index is 2.56. The molecular formula is C73H46B2N4. The van der Waals surface area contributed by atoms with E-state index in [1.807, 2.05) is 0 Å². The minimum atomic E-state index is -0.613. The highest BCUT2D eigenvalue weighted by Crippen LogP contribution is 2.64. The van der Waals surface area contributed by atoms with Crippen LogP contribution in [0.25, 0.3) is 22.3 Å². The number of para-hydroxylation sites is 6. The number of nitrogens with zero attached hydrogens (tertiary/aromatic N) is 4. The van der Waals surface area contributed by atoms with Crippen LogP contribution in [0.3, 0.4) is 0 Å². The van der Waals surface area contributed by atoms with Crippen LogP contribution in [-0.4, -0.2) is 13.4 Å². The topological polar surface area (TPSA) is 13.0 Å². The van der Waals surface area contributed by atoms with Crippen molar-refractivity contribution in [3.8, 4) is 22.3 Å². The molecule has 0 fully saturated rings. The number of hydrogen-bond acceptors (Lipinski definition) is 4. The first-order chi connectivity index (χ1) is 39.3. The second kappa shape index (κ2) is 16.0. The first kappa shape index (κ1) is 43.1. The third-order valence-corrected chi connectivity index (χ3v) is 18.2. The van der Waals surface area contributed by atoms with E-state index in [9.17, 15) is 0 Å². The van der Waals surface area contributed by atoms with Gasteiger partial charge in [-0.15, -0.1) is 0 Å². The molecule has 0 radical (unpaired) electrons. The van der Waals surface area contributed by atoms with E-state index in [1.165, 1.54) is 123 Å². The molecule has 0 saturated carbocycles. The zero-order valence-corrected chi connectivity index (χ0v) is 43.0. The highest BCUT2D eigenvalue weighted by molar-refractivity contribution is 7.01. The third kappa shape index (κ3) is 5.59. The van der Waals surface area contributed by atoms with E-state index in [1.54, 1.807) is 0 Å². The summed E-state index contributed by atoms with van der Waals surface area (Å²) >= 11 is 0. The first-order valence-electron chi connectivity index (χ1n) is 27.7. The molecule has 4 nitrogen and oxygen atoms in total. The fourth-order valence-electron chi connectivity index (χ4n) is 15.3. The van der Waals surface area contributed by atoms with Gasteiger partial charge in [-0.05, 0) is 174 Å². The average Bonchev–Trinajstić information content (AvgIpc) is 3.03. The summed E-state index contributed by atoms with van der Waals surface area (Å²) < 4.78 is 0. The molecule has 6 aliphatic rings. The molecule has 0 atom stereocenters. The first-order valence-corrected chi connectivity index (χ1v) is 27.7. The molecule has 0 saturated heterocycles. The molecule has 0 unspecified atom stereocenters. The van der Waals surface area contributed by atoms with Crippen molar-refractivity contribution >= 4 is 114 Å². The smallest absolute Gasteiger partial charge is 0.252 e. The lowest BCUT2D eigenvalue weighted by Crippen LogP contribution is -2.61. The lowest BCUT2D eigenvalue weighted by Gasteiger charge is -2.44. The lowest BCUT2D eigenvalue weighted by atomic mass is 9.33. The molecular weight excluding hydrogens is 954 g/mol. The Labute approximate surface area is 460 Å². The van der Waals surface area contributed by atoms with E-state index in [2.05, 4.69) is 299 Å². The molecule has 12 aromatic carbocycles. The third-order valence-electron chi connectivity index (χ3n) is 18.2. The van der Waals surface area contributed by atoms with Crippen LogP contribution in [0.5, 0.6) is 0 Å². The molecule has 0 amide bonds. The Hall–Kier alpha value is -10.0. The van der Waals surface area contributed by atoms with Crippen molar-refractivity contribution in [3.63, 3.8) is 0 Å². The standard InChI is InChI=1S/C73H46B2N4/c1-3-21-47(22-4-1)76-63-33-15-11-29-59(63)74-61-31-13-17-35-65(61)78(69-39-19-37-67(76)71(69)74)49-41-43-53-51-25-7-9-27-55(51)73(57(53)45-49)56-28-10-8-26-52(56)54-44-42-50(46-58(54)73)79-66-36-18-14-32-62(66)75-60-30-12-16-34-64(60)77(48-23-5-2-6-24-48)68-38-20-40-70(79)72(68)75/h1-46H. The van der Waals surface area contributed by atoms with E-state index in [0.717, 1.165) is 22.7 Å². The lowest BCUT2D eigenvalue weighted by molar-refractivity contribution is 0.793. The second-order valence-electron chi connectivity index (χ2n) is 21.8. The van der Waals surface area contributed by atoms with Gasteiger partial charge in [-0.2, -0.15) is 0 Å². The van der Waals surface area contributed by atoms with Gasteiger partial charge < -0.3 is 19.6 Å². The van der Waals surface area contributed by atoms with Gasteiger partial charge in [-0.25, -0.2) is 0 Å². The fourth-order valence-corrected chi connectivity index (χ4v) is 15.3. The minimum absolute atomic E-state index is 0.0634. The summed E-state index contributed by atoms with van der Waals surface area (Å²) in [6, 6.07) is 105. The number of fused-ring (bicyclic) bond motifs is 18. The summed E-state index contributed by atoms with van der Waals surface area (Å²) in [6.07, 6.45) is 0. The summed E-state index contributed by atoms with van der Waals surface area (Å²) in [7, 11) is 0. The molecule has 0 bridgehead atoms. The van der Waals surface area contributed by atoms with Crippen LogP contribution >= 0.6 is 0 Å².